The molecule has 0 spiro atoms. The van der Waals surface area contributed by atoms with Crippen molar-refractivity contribution < 1.29 is 5.11 Å². The van der Waals surface area contributed by atoms with E-state index in [0.717, 1.165) is 43.1 Å². The molecule has 2 aromatic rings. The quantitative estimate of drug-likeness (QED) is 0.876. The molecule has 2 fully saturated rings. The van der Waals surface area contributed by atoms with Crippen LogP contribution in [0.3, 0.4) is 0 Å². The predicted molar refractivity (Wildman–Crippen MR) is 93.2 cm³/mol. The molecule has 1 saturated carbocycles. The van der Waals surface area contributed by atoms with E-state index in [1.165, 1.54) is 0 Å². The number of nitrogens with one attached hydrogen (secondary N) is 1. The van der Waals surface area contributed by atoms with Gasteiger partial charge in [-0.05, 0) is 31.4 Å². The molecular weight excluding hydrogens is 316 g/mol. The first-order valence-electron chi connectivity index (χ1n) is 8.59. The van der Waals surface area contributed by atoms with Crippen LogP contribution in [0.5, 0.6) is 0 Å². The van der Waals surface area contributed by atoms with Crippen molar-refractivity contribution in [2.45, 2.75) is 37.3 Å². The maximum absolute atomic E-state index is 9.69. The first-order chi connectivity index (χ1) is 12.2. The highest BCUT2D eigenvalue weighted by molar-refractivity contribution is 5.43. The first-order valence-corrected chi connectivity index (χ1v) is 8.59. The van der Waals surface area contributed by atoms with Crippen molar-refractivity contribution in [3.63, 3.8) is 0 Å². The van der Waals surface area contributed by atoms with E-state index in [9.17, 15) is 5.11 Å². The van der Waals surface area contributed by atoms with Gasteiger partial charge in [-0.25, -0.2) is 15.0 Å². The number of rotatable bonds is 4. The van der Waals surface area contributed by atoms with Gasteiger partial charge in [-0.1, -0.05) is 0 Å². The Morgan fingerprint density at radius 2 is 2.12 bits per heavy atom. The Bertz CT molecular complexity index is 781. The van der Waals surface area contributed by atoms with Crippen LogP contribution in [-0.4, -0.2) is 45.3 Å². The Labute approximate surface area is 146 Å². The summed E-state index contributed by atoms with van der Waals surface area (Å²) in [5, 5.41) is 21.9. The third-order valence-electron chi connectivity index (χ3n) is 4.96. The molecule has 0 bridgehead atoms. The van der Waals surface area contributed by atoms with Gasteiger partial charge in [-0.3, -0.25) is 0 Å². The van der Waals surface area contributed by atoms with Gasteiger partial charge in [0.1, 0.15) is 24.0 Å². The Balaban J connectivity index is 1.35. The molecule has 128 valence electrons. The molecule has 0 radical (unpaired) electrons. The minimum Gasteiger partial charge on any atom is -0.391 e. The summed E-state index contributed by atoms with van der Waals surface area (Å²) in [4.78, 5) is 15.2. The summed E-state index contributed by atoms with van der Waals surface area (Å²) in [6.45, 7) is 1.49. The number of hydrogen-bond acceptors (Lipinski definition) is 7. The Morgan fingerprint density at radius 3 is 2.80 bits per heavy atom. The van der Waals surface area contributed by atoms with Crippen molar-refractivity contribution in [2.75, 3.05) is 23.3 Å². The van der Waals surface area contributed by atoms with E-state index >= 15 is 0 Å². The lowest BCUT2D eigenvalue weighted by Gasteiger charge is -2.36. The molecule has 0 aromatic carbocycles. The van der Waals surface area contributed by atoms with Crippen LogP contribution in [-0.2, 0) is 0 Å². The van der Waals surface area contributed by atoms with Crippen molar-refractivity contribution in [1.29, 1.82) is 5.26 Å². The monoisotopic (exact) mass is 336 g/mol. The molecule has 1 atom stereocenters. The fourth-order valence-electron chi connectivity index (χ4n) is 3.44. The van der Waals surface area contributed by atoms with Crippen molar-refractivity contribution in [1.82, 2.24) is 15.0 Å². The fourth-order valence-corrected chi connectivity index (χ4v) is 3.44. The minimum absolute atomic E-state index is 0.254. The second-order valence-electron chi connectivity index (χ2n) is 6.74. The second-order valence-corrected chi connectivity index (χ2v) is 6.74. The molecule has 4 rings (SSSR count). The molecule has 1 aliphatic heterocycles. The number of aromatic nitrogens is 3. The summed E-state index contributed by atoms with van der Waals surface area (Å²) in [5.41, 5.74) is 1.63. The third kappa shape index (κ3) is 3.39. The lowest BCUT2D eigenvalue weighted by Crippen LogP contribution is -2.35. The van der Waals surface area contributed by atoms with Gasteiger partial charge in [0.25, 0.3) is 0 Å². The lowest BCUT2D eigenvalue weighted by atomic mass is 9.78. The Morgan fingerprint density at radius 1 is 1.24 bits per heavy atom. The van der Waals surface area contributed by atoms with E-state index in [1.54, 1.807) is 18.6 Å². The van der Waals surface area contributed by atoms with Gasteiger partial charge < -0.3 is 15.3 Å². The number of aliphatic hydroxyl groups is 1. The van der Waals surface area contributed by atoms with E-state index in [1.807, 2.05) is 6.07 Å². The molecule has 7 heteroatoms. The van der Waals surface area contributed by atoms with Crippen molar-refractivity contribution in [3.8, 4) is 6.07 Å². The van der Waals surface area contributed by atoms with Gasteiger partial charge in [-0.2, -0.15) is 5.26 Å². The second kappa shape index (κ2) is 6.65. The van der Waals surface area contributed by atoms with Gasteiger partial charge in [0.15, 0.2) is 0 Å². The molecule has 1 saturated heterocycles. The molecule has 0 amide bonds. The summed E-state index contributed by atoms with van der Waals surface area (Å²) >= 11 is 0. The van der Waals surface area contributed by atoms with Crippen LogP contribution in [0.15, 0.2) is 30.7 Å². The van der Waals surface area contributed by atoms with Crippen LogP contribution in [0.1, 0.15) is 36.4 Å². The molecule has 2 aromatic heterocycles. The molecule has 25 heavy (non-hydrogen) atoms. The largest absolute Gasteiger partial charge is 0.391 e. The highest BCUT2D eigenvalue weighted by atomic mass is 16.3. The van der Waals surface area contributed by atoms with E-state index in [4.69, 9.17) is 5.26 Å². The smallest absolute Gasteiger partial charge is 0.132 e. The molecule has 2 aliphatic rings. The van der Waals surface area contributed by atoms with Crippen molar-refractivity contribution in [3.05, 3.63) is 42.0 Å². The van der Waals surface area contributed by atoms with Crippen molar-refractivity contribution >= 4 is 11.6 Å². The minimum atomic E-state index is -0.254. The fraction of sp³-hybridized carbons (Fsp3) is 0.444. The summed E-state index contributed by atoms with van der Waals surface area (Å²) in [5.74, 6) is 2.13. The molecule has 2 N–H and O–H groups in total. The normalized spacial score (nSPS) is 25.3. The van der Waals surface area contributed by atoms with Crippen LogP contribution < -0.4 is 10.2 Å². The predicted octanol–water partition coefficient (Wildman–Crippen LogP) is 1.67. The van der Waals surface area contributed by atoms with Crippen LogP contribution in [0.25, 0.3) is 0 Å². The van der Waals surface area contributed by atoms with Crippen LogP contribution in [0.4, 0.5) is 11.6 Å². The number of nitrogens with zero attached hydrogens (tertiary/aromatic N) is 5. The number of nitriles is 1. The molecule has 1 aliphatic carbocycles. The summed E-state index contributed by atoms with van der Waals surface area (Å²) in [6, 6.07) is 8.11. The first kappa shape index (κ1) is 15.8. The van der Waals surface area contributed by atoms with Gasteiger partial charge in [0.05, 0.1) is 11.7 Å². The maximum atomic E-state index is 9.69. The van der Waals surface area contributed by atoms with Gasteiger partial charge in [0, 0.05) is 43.0 Å². The Hall–Kier alpha value is -2.72. The molecular formula is C18H20N6O. The maximum Gasteiger partial charge on any atom is 0.132 e. The summed E-state index contributed by atoms with van der Waals surface area (Å²) in [6.07, 6.45) is 5.75. The van der Waals surface area contributed by atoms with E-state index in [-0.39, 0.29) is 6.10 Å². The SMILES string of the molecule is N#Cc1ccc(NC2CC(c3cc(N4CCC(O)C4)ncn3)C2)nc1. The van der Waals surface area contributed by atoms with Crippen molar-refractivity contribution in [2.24, 2.45) is 0 Å². The number of hydrogen-bond donors (Lipinski definition) is 2. The zero-order valence-electron chi connectivity index (χ0n) is 13.8. The van der Waals surface area contributed by atoms with Crippen LogP contribution in [0, 0.1) is 11.3 Å². The van der Waals surface area contributed by atoms with Gasteiger partial charge >= 0.3 is 0 Å². The Kier molecular flexibility index (Phi) is 4.20. The van der Waals surface area contributed by atoms with E-state index in [0.29, 0.717) is 24.1 Å². The molecule has 3 heterocycles. The third-order valence-corrected chi connectivity index (χ3v) is 4.96. The highest BCUT2D eigenvalue weighted by Crippen LogP contribution is 2.38. The topological polar surface area (TPSA) is 98.0 Å². The number of aliphatic hydroxyl groups excluding tert-OH is 1. The standard InChI is InChI=1S/C18H20N6O/c19-8-12-1-2-17(20-9-12)23-14-5-13(6-14)16-7-18(22-11-21-16)24-4-3-15(25)10-24/h1-2,7,9,11,13-15,25H,3-6,10H2,(H,20,23). The highest BCUT2D eigenvalue weighted by Gasteiger charge is 2.32. The average molecular weight is 336 g/mol. The zero-order valence-corrected chi connectivity index (χ0v) is 13.8. The molecule has 1 unspecified atom stereocenters. The van der Waals surface area contributed by atoms with Gasteiger partial charge in [0.2, 0.25) is 0 Å². The number of β-amino-alcohol motifs (C(OH)–C–C–N with tert-alkyl or cyclic N) is 1. The lowest BCUT2D eigenvalue weighted by molar-refractivity contribution is 0.198. The van der Waals surface area contributed by atoms with Crippen LogP contribution >= 0.6 is 0 Å². The number of anilines is 2. The average Bonchev–Trinajstić information content (AvgIpc) is 3.05. The number of pyridine rings is 1. The zero-order chi connectivity index (χ0) is 17.2. The van der Waals surface area contributed by atoms with Gasteiger partial charge in [-0.15, -0.1) is 0 Å². The summed E-state index contributed by atoms with van der Waals surface area (Å²) in [7, 11) is 0. The summed E-state index contributed by atoms with van der Waals surface area (Å²) < 4.78 is 0. The van der Waals surface area contributed by atoms with E-state index in [2.05, 4.69) is 37.3 Å². The van der Waals surface area contributed by atoms with E-state index < -0.39 is 0 Å². The molecule has 7 nitrogen and oxygen atoms in total. The van der Waals surface area contributed by atoms with Crippen LogP contribution in [0.2, 0.25) is 0 Å².